The van der Waals surface area contributed by atoms with Gasteiger partial charge in [-0.2, -0.15) is 0 Å². The van der Waals surface area contributed by atoms with Crippen molar-refractivity contribution in [2.45, 2.75) is 32.4 Å². The summed E-state index contributed by atoms with van der Waals surface area (Å²) in [5.74, 6) is 0.510. The van der Waals surface area contributed by atoms with Gasteiger partial charge < -0.3 is 15.0 Å². The lowest BCUT2D eigenvalue weighted by Crippen LogP contribution is -2.38. The van der Waals surface area contributed by atoms with Crippen molar-refractivity contribution < 1.29 is 14.3 Å². The Morgan fingerprint density at radius 2 is 2.18 bits per heavy atom. The van der Waals surface area contributed by atoms with Gasteiger partial charge in [-0.25, -0.2) is 0 Å². The Balaban J connectivity index is 1.47. The summed E-state index contributed by atoms with van der Waals surface area (Å²) in [7, 11) is 0. The zero-order chi connectivity index (χ0) is 19.8. The Labute approximate surface area is 174 Å². The van der Waals surface area contributed by atoms with E-state index in [1.54, 1.807) is 11.3 Å². The Morgan fingerprint density at radius 3 is 2.89 bits per heavy atom. The number of nitrogens with one attached hydrogen (secondary N) is 1. The molecule has 2 aromatic rings. The highest BCUT2D eigenvalue weighted by molar-refractivity contribution is 8.00. The maximum Gasteiger partial charge on any atom is 0.234 e. The number of benzene rings is 1. The molecular weight excluding hydrogens is 392 g/mol. The van der Waals surface area contributed by atoms with Gasteiger partial charge in [0.2, 0.25) is 11.8 Å². The fraction of sp³-hybridized carbons (Fsp3) is 0.429. The first-order chi connectivity index (χ1) is 13.6. The molecule has 0 saturated carbocycles. The van der Waals surface area contributed by atoms with Crippen LogP contribution in [0.15, 0.2) is 41.8 Å². The first-order valence-corrected chi connectivity index (χ1v) is 11.5. The van der Waals surface area contributed by atoms with Crippen LogP contribution >= 0.6 is 23.1 Å². The molecule has 0 bridgehead atoms. The van der Waals surface area contributed by atoms with Crippen LogP contribution in [0.25, 0.3) is 0 Å². The van der Waals surface area contributed by atoms with E-state index >= 15 is 0 Å². The average Bonchev–Trinajstić information content (AvgIpc) is 3.35. The van der Waals surface area contributed by atoms with E-state index in [1.807, 2.05) is 53.6 Å². The smallest absolute Gasteiger partial charge is 0.234 e. The Bertz CT molecular complexity index is 774. The van der Waals surface area contributed by atoms with Crippen LogP contribution in [0.3, 0.4) is 0 Å². The average molecular weight is 419 g/mol. The molecule has 1 aromatic carbocycles. The number of amides is 2. The zero-order valence-electron chi connectivity index (χ0n) is 16.1. The largest absolute Gasteiger partial charge is 0.376 e. The van der Waals surface area contributed by atoms with Crippen molar-refractivity contribution in [3.05, 3.63) is 52.2 Å². The molecule has 1 aliphatic rings. The minimum atomic E-state index is -0.0904. The molecule has 0 radical (unpaired) electrons. The van der Waals surface area contributed by atoms with Crippen molar-refractivity contribution in [3.8, 4) is 0 Å². The molecular formula is C21H26N2O3S2. The lowest BCUT2D eigenvalue weighted by Gasteiger charge is -2.25. The molecule has 1 N–H and O–H groups in total. The van der Waals surface area contributed by atoms with E-state index in [-0.39, 0.29) is 23.7 Å². The Hall–Kier alpha value is -1.83. The van der Waals surface area contributed by atoms with Crippen LogP contribution in [0.5, 0.6) is 0 Å². The number of ether oxygens (including phenoxy) is 1. The fourth-order valence-electron chi connectivity index (χ4n) is 3.12. The van der Waals surface area contributed by atoms with Gasteiger partial charge in [0.05, 0.1) is 24.2 Å². The highest BCUT2D eigenvalue weighted by atomic mass is 32.2. The third-order valence-electron chi connectivity index (χ3n) is 4.49. The molecule has 1 fully saturated rings. The predicted octanol–water partition coefficient (Wildman–Crippen LogP) is 3.94. The number of anilines is 1. The van der Waals surface area contributed by atoms with Crippen molar-refractivity contribution in [2.24, 2.45) is 0 Å². The maximum absolute atomic E-state index is 12.8. The Morgan fingerprint density at radius 1 is 1.29 bits per heavy atom. The van der Waals surface area contributed by atoms with Gasteiger partial charge in [0.25, 0.3) is 0 Å². The molecule has 1 aromatic heterocycles. The van der Waals surface area contributed by atoms with Crippen LogP contribution in [0.2, 0.25) is 0 Å². The molecule has 28 heavy (non-hydrogen) atoms. The van der Waals surface area contributed by atoms with E-state index in [2.05, 4.69) is 5.32 Å². The second-order valence-electron chi connectivity index (χ2n) is 6.90. The number of nitrogens with zero attached hydrogens (tertiary/aromatic N) is 1. The maximum atomic E-state index is 12.8. The number of carbonyl (C=O) groups is 2. The van der Waals surface area contributed by atoms with Crippen LogP contribution in [0, 0.1) is 6.92 Å². The molecule has 0 aliphatic carbocycles. The van der Waals surface area contributed by atoms with E-state index in [0.717, 1.165) is 35.6 Å². The first-order valence-electron chi connectivity index (χ1n) is 9.46. The van der Waals surface area contributed by atoms with E-state index < -0.39 is 0 Å². The highest BCUT2D eigenvalue weighted by Gasteiger charge is 2.23. The topological polar surface area (TPSA) is 58.6 Å². The summed E-state index contributed by atoms with van der Waals surface area (Å²) >= 11 is 3.00. The summed E-state index contributed by atoms with van der Waals surface area (Å²) in [6.45, 7) is 3.98. The lowest BCUT2D eigenvalue weighted by molar-refractivity contribution is -0.130. The molecule has 3 rings (SSSR count). The molecule has 5 nitrogen and oxygen atoms in total. The highest BCUT2D eigenvalue weighted by Crippen LogP contribution is 2.18. The third-order valence-corrected chi connectivity index (χ3v) is 6.27. The summed E-state index contributed by atoms with van der Waals surface area (Å²) in [5.41, 5.74) is 1.88. The first kappa shape index (κ1) is 20.9. The van der Waals surface area contributed by atoms with Crippen molar-refractivity contribution in [3.63, 3.8) is 0 Å². The summed E-state index contributed by atoms with van der Waals surface area (Å²) in [5, 5.41) is 4.90. The quantitative estimate of drug-likeness (QED) is 0.670. The predicted molar refractivity (Wildman–Crippen MR) is 116 cm³/mol. The molecule has 1 atom stereocenters. The van der Waals surface area contributed by atoms with Gasteiger partial charge in [0.1, 0.15) is 0 Å². The molecule has 0 spiro atoms. The molecule has 150 valence electrons. The van der Waals surface area contributed by atoms with E-state index in [4.69, 9.17) is 4.74 Å². The second kappa shape index (κ2) is 10.6. The van der Waals surface area contributed by atoms with Crippen molar-refractivity contribution >= 4 is 40.6 Å². The van der Waals surface area contributed by atoms with Crippen molar-refractivity contribution in [1.82, 2.24) is 4.90 Å². The fourth-order valence-corrected chi connectivity index (χ4v) is 4.56. The van der Waals surface area contributed by atoms with E-state index in [9.17, 15) is 9.59 Å². The van der Waals surface area contributed by atoms with Crippen LogP contribution in [0.4, 0.5) is 5.69 Å². The van der Waals surface area contributed by atoms with Gasteiger partial charge >= 0.3 is 0 Å². The number of carbonyl (C=O) groups excluding carboxylic acids is 2. The normalized spacial score (nSPS) is 16.1. The molecule has 7 heteroatoms. The zero-order valence-corrected chi connectivity index (χ0v) is 17.7. The molecule has 1 unspecified atom stereocenters. The number of rotatable bonds is 9. The summed E-state index contributed by atoms with van der Waals surface area (Å²) in [6, 6.07) is 11.7. The SMILES string of the molecule is Cc1cccc(NC(=O)CSCC(=O)N(Cc2cccs2)CC2CCCO2)c1. The summed E-state index contributed by atoms with van der Waals surface area (Å²) in [6.07, 6.45) is 2.18. The third kappa shape index (κ3) is 6.65. The summed E-state index contributed by atoms with van der Waals surface area (Å²) in [4.78, 5) is 27.9. The second-order valence-corrected chi connectivity index (χ2v) is 8.92. The van der Waals surface area contributed by atoms with Crippen LogP contribution in [0.1, 0.15) is 23.3 Å². The minimum absolute atomic E-state index is 0.0530. The standard InChI is InChI=1S/C21H26N2O3S2/c1-16-5-2-6-17(11-16)22-20(24)14-27-15-21(25)23(12-18-7-3-9-26-18)13-19-8-4-10-28-19/h2,4-6,8,10-11,18H,3,7,9,12-15H2,1H3,(H,22,24). The van der Waals surface area contributed by atoms with Gasteiger partial charge in [-0.3, -0.25) is 9.59 Å². The number of aryl methyl sites for hydroxylation is 1. The molecule has 2 amide bonds. The van der Waals surface area contributed by atoms with Gasteiger partial charge in [-0.1, -0.05) is 18.2 Å². The Kier molecular flexibility index (Phi) is 7.94. The van der Waals surface area contributed by atoms with Gasteiger partial charge in [-0.15, -0.1) is 23.1 Å². The van der Waals surface area contributed by atoms with Gasteiger partial charge in [-0.05, 0) is 48.9 Å². The van der Waals surface area contributed by atoms with Gasteiger partial charge in [0, 0.05) is 23.7 Å². The summed E-state index contributed by atoms with van der Waals surface area (Å²) < 4.78 is 5.71. The minimum Gasteiger partial charge on any atom is -0.376 e. The number of hydrogen-bond donors (Lipinski definition) is 1. The van der Waals surface area contributed by atoms with Crippen LogP contribution < -0.4 is 5.32 Å². The molecule has 2 heterocycles. The number of thiophene rings is 1. The number of hydrogen-bond acceptors (Lipinski definition) is 5. The van der Waals surface area contributed by atoms with Crippen molar-refractivity contribution in [1.29, 1.82) is 0 Å². The van der Waals surface area contributed by atoms with E-state index in [0.29, 0.717) is 18.8 Å². The van der Waals surface area contributed by atoms with Gasteiger partial charge in [0.15, 0.2) is 0 Å². The monoisotopic (exact) mass is 418 g/mol. The van der Waals surface area contributed by atoms with Crippen LogP contribution in [-0.2, 0) is 20.9 Å². The number of thioether (sulfide) groups is 1. The molecule has 1 aliphatic heterocycles. The van der Waals surface area contributed by atoms with Crippen molar-refractivity contribution in [2.75, 3.05) is 30.0 Å². The van der Waals surface area contributed by atoms with E-state index in [1.165, 1.54) is 11.8 Å². The molecule has 1 saturated heterocycles. The van der Waals surface area contributed by atoms with Crippen LogP contribution in [-0.4, -0.2) is 47.5 Å². The lowest BCUT2D eigenvalue weighted by atomic mass is 10.2.